The molecule has 0 heterocycles. The van der Waals surface area contributed by atoms with Crippen LogP contribution in [-0.2, 0) is 4.74 Å². The smallest absolute Gasteiger partial charge is 0.129 e. The molecule has 62 valence electrons. The van der Waals surface area contributed by atoms with Crippen molar-refractivity contribution in [2.24, 2.45) is 0 Å². The van der Waals surface area contributed by atoms with Crippen molar-refractivity contribution < 1.29 is 4.74 Å². The number of hydrogen-bond acceptors (Lipinski definition) is 1. The fourth-order valence-electron chi connectivity index (χ4n) is 0.437. The Morgan fingerprint density at radius 2 is 2.00 bits per heavy atom. The Labute approximate surface area is 70.5 Å². The highest BCUT2D eigenvalue weighted by Gasteiger charge is 2.06. The van der Waals surface area contributed by atoms with Gasteiger partial charge in [-0.15, -0.1) is 5.54 Å². The monoisotopic (exact) mass is 168 g/mol. The summed E-state index contributed by atoms with van der Waals surface area (Å²) in [4.78, 5) is 0. The molecule has 0 saturated carbocycles. The summed E-state index contributed by atoms with van der Waals surface area (Å²) in [7, 11) is -1.19. The highest BCUT2D eigenvalue weighted by Crippen LogP contribution is 1.95. The summed E-state index contributed by atoms with van der Waals surface area (Å²) in [6.07, 6.45) is 3.41. The van der Waals surface area contributed by atoms with E-state index in [-0.39, 0.29) is 0 Å². The summed E-state index contributed by atoms with van der Waals surface area (Å²) >= 11 is 0. The molecule has 0 bridgehead atoms. The maximum Gasteiger partial charge on any atom is 0.129 e. The van der Waals surface area contributed by atoms with E-state index in [1.54, 1.807) is 12.3 Å². The fourth-order valence-corrected chi connectivity index (χ4v) is 0.953. The maximum absolute atomic E-state index is 4.98. The molecule has 11 heavy (non-hydrogen) atoms. The Morgan fingerprint density at radius 1 is 1.36 bits per heavy atom. The third kappa shape index (κ3) is 9.32. The average molecular weight is 168 g/mol. The van der Waals surface area contributed by atoms with Gasteiger partial charge in [-0.25, -0.2) is 0 Å². The fraction of sp³-hybridized carbons (Fsp3) is 0.556. The number of rotatable bonds is 2. The Balaban J connectivity index is 3.72. The second kappa shape index (κ2) is 5.03. The van der Waals surface area contributed by atoms with Crippen LogP contribution in [0.15, 0.2) is 12.3 Å². The van der Waals surface area contributed by atoms with Crippen molar-refractivity contribution in [2.45, 2.75) is 26.6 Å². The lowest BCUT2D eigenvalue weighted by Crippen LogP contribution is -2.16. The minimum atomic E-state index is -1.19. The molecule has 0 rings (SSSR count). The molecule has 0 aliphatic rings. The van der Waals surface area contributed by atoms with Crippen molar-refractivity contribution >= 4 is 8.07 Å². The van der Waals surface area contributed by atoms with Gasteiger partial charge in [0, 0.05) is 6.08 Å². The molecular weight excluding hydrogens is 152 g/mol. The summed E-state index contributed by atoms with van der Waals surface area (Å²) in [5.41, 5.74) is 3.20. The highest BCUT2D eigenvalue weighted by molar-refractivity contribution is 6.83. The Bertz CT molecular complexity index is 178. The standard InChI is InChI=1S/C9H16OSi/c1-5-10-8-6-7-9-11(2,3)4/h6,8H,5H2,1-4H3/b8-6-. The summed E-state index contributed by atoms with van der Waals surface area (Å²) in [6.45, 7) is 9.32. The summed E-state index contributed by atoms with van der Waals surface area (Å²) in [5.74, 6) is 2.97. The van der Waals surface area contributed by atoms with Gasteiger partial charge in [0.15, 0.2) is 0 Å². The molecule has 0 atom stereocenters. The zero-order chi connectivity index (χ0) is 8.74. The van der Waals surface area contributed by atoms with Crippen LogP contribution in [0.2, 0.25) is 19.6 Å². The normalized spacial score (nSPS) is 10.9. The molecule has 0 aliphatic heterocycles. The van der Waals surface area contributed by atoms with E-state index in [9.17, 15) is 0 Å². The predicted octanol–water partition coefficient (Wildman–Crippen LogP) is 2.42. The Hall–Kier alpha value is -0.683. The first-order valence-electron chi connectivity index (χ1n) is 3.85. The lowest BCUT2D eigenvalue weighted by molar-refractivity contribution is 0.269. The second-order valence-corrected chi connectivity index (χ2v) is 8.03. The summed E-state index contributed by atoms with van der Waals surface area (Å²) < 4.78 is 4.98. The average Bonchev–Trinajstić information content (AvgIpc) is 1.85. The van der Waals surface area contributed by atoms with Crippen LogP contribution in [0.3, 0.4) is 0 Å². The lowest BCUT2D eigenvalue weighted by atomic mass is 10.6. The zero-order valence-electron chi connectivity index (χ0n) is 7.77. The molecule has 0 aromatic heterocycles. The van der Waals surface area contributed by atoms with Crippen LogP contribution >= 0.6 is 0 Å². The van der Waals surface area contributed by atoms with Gasteiger partial charge in [-0.3, -0.25) is 0 Å². The van der Waals surface area contributed by atoms with Gasteiger partial charge in [-0.05, 0) is 6.92 Å². The van der Waals surface area contributed by atoms with Gasteiger partial charge in [-0.1, -0.05) is 25.6 Å². The molecule has 0 unspecified atom stereocenters. The van der Waals surface area contributed by atoms with Crippen molar-refractivity contribution in [1.82, 2.24) is 0 Å². The lowest BCUT2D eigenvalue weighted by Gasteiger charge is -2.01. The van der Waals surface area contributed by atoms with Crippen LogP contribution in [0.25, 0.3) is 0 Å². The molecule has 0 amide bonds. The van der Waals surface area contributed by atoms with Crippen LogP contribution in [-0.4, -0.2) is 14.7 Å². The van der Waals surface area contributed by atoms with E-state index in [0.29, 0.717) is 6.61 Å². The quantitative estimate of drug-likeness (QED) is 0.349. The van der Waals surface area contributed by atoms with E-state index in [2.05, 4.69) is 31.1 Å². The molecule has 1 nitrogen and oxygen atoms in total. The maximum atomic E-state index is 4.98. The van der Waals surface area contributed by atoms with Gasteiger partial charge in [0.05, 0.1) is 12.9 Å². The molecule has 0 N–H and O–H groups in total. The number of ether oxygens (including phenoxy) is 1. The van der Waals surface area contributed by atoms with Gasteiger partial charge in [0.1, 0.15) is 8.07 Å². The Kier molecular flexibility index (Phi) is 4.72. The number of hydrogen-bond donors (Lipinski definition) is 0. The van der Waals surface area contributed by atoms with Gasteiger partial charge >= 0.3 is 0 Å². The molecule has 0 radical (unpaired) electrons. The molecular formula is C9H16OSi. The van der Waals surface area contributed by atoms with E-state index in [1.807, 2.05) is 6.92 Å². The molecule has 0 aliphatic carbocycles. The molecule has 0 spiro atoms. The van der Waals surface area contributed by atoms with E-state index >= 15 is 0 Å². The summed E-state index contributed by atoms with van der Waals surface area (Å²) in [6, 6.07) is 0. The first kappa shape index (κ1) is 10.3. The van der Waals surface area contributed by atoms with E-state index in [0.717, 1.165) is 0 Å². The number of allylic oxidation sites excluding steroid dienone is 1. The minimum absolute atomic E-state index is 0.713. The van der Waals surface area contributed by atoms with Gasteiger partial charge in [-0.2, -0.15) is 0 Å². The van der Waals surface area contributed by atoms with E-state index < -0.39 is 8.07 Å². The van der Waals surface area contributed by atoms with Crippen molar-refractivity contribution in [1.29, 1.82) is 0 Å². The van der Waals surface area contributed by atoms with Gasteiger partial charge < -0.3 is 4.74 Å². The van der Waals surface area contributed by atoms with Crippen LogP contribution < -0.4 is 0 Å². The molecule has 0 fully saturated rings. The van der Waals surface area contributed by atoms with Crippen LogP contribution in [0.1, 0.15) is 6.92 Å². The third-order valence-corrected chi connectivity index (χ3v) is 1.76. The first-order chi connectivity index (χ1) is 5.06. The zero-order valence-corrected chi connectivity index (χ0v) is 8.77. The van der Waals surface area contributed by atoms with Gasteiger partial charge in [0.25, 0.3) is 0 Å². The first-order valence-corrected chi connectivity index (χ1v) is 7.35. The van der Waals surface area contributed by atoms with Gasteiger partial charge in [0.2, 0.25) is 0 Å². The second-order valence-electron chi connectivity index (χ2n) is 3.28. The van der Waals surface area contributed by atoms with E-state index in [4.69, 9.17) is 4.74 Å². The summed E-state index contributed by atoms with van der Waals surface area (Å²) in [5, 5.41) is 0. The predicted molar refractivity (Wildman–Crippen MR) is 51.9 cm³/mol. The Morgan fingerprint density at radius 3 is 2.45 bits per heavy atom. The topological polar surface area (TPSA) is 9.23 Å². The molecule has 0 aromatic rings. The van der Waals surface area contributed by atoms with Crippen molar-refractivity contribution in [3.63, 3.8) is 0 Å². The SMILES string of the molecule is CCO/C=C\C#C[Si](C)(C)C. The van der Waals surface area contributed by atoms with Crippen LogP contribution in [0, 0.1) is 11.5 Å². The molecule has 0 aromatic carbocycles. The van der Waals surface area contributed by atoms with E-state index in [1.165, 1.54) is 0 Å². The van der Waals surface area contributed by atoms with Crippen molar-refractivity contribution in [2.75, 3.05) is 6.61 Å². The van der Waals surface area contributed by atoms with Crippen LogP contribution in [0.4, 0.5) is 0 Å². The van der Waals surface area contributed by atoms with Crippen molar-refractivity contribution in [3.8, 4) is 11.5 Å². The van der Waals surface area contributed by atoms with Crippen molar-refractivity contribution in [3.05, 3.63) is 12.3 Å². The molecule has 2 heteroatoms. The van der Waals surface area contributed by atoms with Crippen LogP contribution in [0.5, 0.6) is 0 Å². The largest absolute Gasteiger partial charge is 0.501 e. The minimum Gasteiger partial charge on any atom is -0.501 e. The third-order valence-electron chi connectivity index (χ3n) is 0.861. The molecule has 0 saturated heterocycles. The highest BCUT2D eigenvalue weighted by atomic mass is 28.3.